The van der Waals surface area contributed by atoms with E-state index in [0.717, 1.165) is 17.3 Å². The summed E-state index contributed by atoms with van der Waals surface area (Å²) in [7, 11) is 5.37. The molecule has 1 N–H and O–H groups in total. The number of carbonyl (C=O) groups is 1. The molecule has 5 nitrogen and oxygen atoms in total. The van der Waals surface area contributed by atoms with Crippen LogP contribution in [0.4, 0.5) is 11.5 Å². The zero-order valence-electron chi connectivity index (χ0n) is 11.8. The van der Waals surface area contributed by atoms with Gasteiger partial charge in [-0.05, 0) is 36.4 Å². The number of benzene rings is 1. The minimum Gasteiger partial charge on any atom is -0.497 e. The van der Waals surface area contributed by atoms with Crippen LogP contribution in [0.1, 0.15) is 10.4 Å². The fourth-order valence-electron chi connectivity index (χ4n) is 1.68. The molecule has 2 aromatic rings. The molecule has 0 radical (unpaired) electrons. The number of hydrogen-bond donors (Lipinski definition) is 1. The molecule has 1 aromatic carbocycles. The third-order valence-electron chi connectivity index (χ3n) is 2.81. The smallest absolute Gasteiger partial charge is 0.255 e. The fraction of sp³-hybridized carbons (Fsp3) is 0.200. The summed E-state index contributed by atoms with van der Waals surface area (Å²) < 4.78 is 5.07. The van der Waals surface area contributed by atoms with Crippen LogP contribution in [0.15, 0.2) is 42.6 Å². The van der Waals surface area contributed by atoms with E-state index in [1.165, 1.54) is 0 Å². The van der Waals surface area contributed by atoms with Crippen molar-refractivity contribution in [3.63, 3.8) is 0 Å². The summed E-state index contributed by atoms with van der Waals surface area (Å²) in [5.74, 6) is 1.33. The van der Waals surface area contributed by atoms with Crippen molar-refractivity contribution >= 4 is 17.4 Å². The lowest BCUT2D eigenvalue weighted by molar-refractivity contribution is 0.102. The number of ether oxygens (including phenoxy) is 1. The molecule has 1 amide bonds. The van der Waals surface area contributed by atoms with Gasteiger partial charge in [0.15, 0.2) is 0 Å². The molecule has 5 heteroatoms. The highest BCUT2D eigenvalue weighted by molar-refractivity contribution is 6.04. The van der Waals surface area contributed by atoms with Crippen LogP contribution in [-0.4, -0.2) is 32.1 Å². The average Bonchev–Trinajstić information content (AvgIpc) is 2.48. The molecular weight excluding hydrogens is 254 g/mol. The van der Waals surface area contributed by atoms with Gasteiger partial charge in [-0.2, -0.15) is 0 Å². The normalized spacial score (nSPS) is 9.95. The first-order valence-electron chi connectivity index (χ1n) is 6.19. The Morgan fingerprint density at radius 2 is 1.90 bits per heavy atom. The maximum atomic E-state index is 12.2. The summed E-state index contributed by atoms with van der Waals surface area (Å²) >= 11 is 0. The van der Waals surface area contributed by atoms with Crippen molar-refractivity contribution in [3.05, 3.63) is 48.2 Å². The highest BCUT2D eigenvalue weighted by Gasteiger charge is 2.08. The number of hydrogen-bond acceptors (Lipinski definition) is 4. The molecule has 0 aliphatic carbocycles. The zero-order chi connectivity index (χ0) is 14.5. The van der Waals surface area contributed by atoms with Crippen molar-refractivity contribution in [2.45, 2.75) is 0 Å². The molecule has 0 saturated heterocycles. The second kappa shape index (κ2) is 6.06. The summed E-state index contributed by atoms with van der Waals surface area (Å²) in [6.45, 7) is 0. The molecule has 0 bridgehead atoms. The average molecular weight is 271 g/mol. The Kier molecular flexibility index (Phi) is 4.20. The number of pyridine rings is 1. The van der Waals surface area contributed by atoms with Crippen molar-refractivity contribution in [1.82, 2.24) is 4.98 Å². The molecule has 0 aliphatic heterocycles. The van der Waals surface area contributed by atoms with Crippen LogP contribution >= 0.6 is 0 Å². The van der Waals surface area contributed by atoms with Crippen LogP contribution in [0.2, 0.25) is 0 Å². The van der Waals surface area contributed by atoms with Gasteiger partial charge in [-0.25, -0.2) is 4.98 Å². The Morgan fingerprint density at radius 1 is 1.20 bits per heavy atom. The Hall–Kier alpha value is -2.56. The highest BCUT2D eigenvalue weighted by atomic mass is 16.5. The van der Waals surface area contributed by atoms with E-state index in [0.29, 0.717) is 5.56 Å². The second-order valence-corrected chi connectivity index (χ2v) is 4.48. The zero-order valence-corrected chi connectivity index (χ0v) is 11.8. The van der Waals surface area contributed by atoms with E-state index in [-0.39, 0.29) is 5.91 Å². The standard InChI is InChI=1S/C15H17N3O2/c1-18(2)14-10-11(8-9-16-14)15(19)17-12-4-6-13(20-3)7-5-12/h4-10H,1-3H3,(H,17,19). The van der Waals surface area contributed by atoms with Gasteiger partial charge >= 0.3 is 0 Å². The molecule has 2 rings (SSSR count). The highest BCUT2D eigenvalue weighted by Crippen LogP contribution is 2.16. The van der Waals surface area contributed by atoms with E-state index in [2.05, 4.69) is 10.3 Å². The second-order valence-electron chi connectivity index (χ2n) is 4.48. The number of anilines is 2. The topological polar surface area (TPSA) is 54.5 Å². The lowest BCUT2D eigenvalue weighted by Gasteiger charge is -2.12. The molecule has 0 saturated carbocycles. The van der Waals surface area contributed by atoms with Crippen LogP contribution in [0.3, 0.4) is 0 Å². The van der Waals surface area contributed by atoms with Crippen molar-refractivity contribution in [2.75, 3.05) is 31.4 Å². The maximum Gasteiger partial charge on any atom is 0.255 e. The van der Waals surface area contributed by atoms with E-state index in [4.69, 9.17) is 4.74 Å². The maximum absolute atomic E-state index is 12.2. The van der Waals surface area contributed by atoms with E-state index in [1.54, 1.807) is 49.7 Å². The van der Waals surface area contributed by atoms with Gasteiger partial charge in [0.2, 0.25) is 0 Å². The van der Waals surface area contributed by atoms with Crippen molar-refractivity contribution in [2.24, 2.45) is 0 Å². The number of amides is 1. The molecule has 104 valence electrons. The summed E-state index contributed by atoms with van der Waals surface area (Å²) in [6.07, 6.45) is 1.62. The van der Waals surface area contributed by atoms with Crippen LogP contribution < -0.4 is 15.0 Å². The van der Waals surface area contributed by atoms with Gasteiger partial charge in [-0.1, -0.05) is 0 Å². The third kappa shape index (κ3) is 3.26. The minimum atomic E-state index is -0.166. The quantitative estimate of drug-likeness (QED) is 0.927. The fourth-order valence-corrected chi connectivity index (χ4v) is 1.68. The van der Waals surface area contributed by atoms with Crippen molar-refractivity contribution in [1.29, 1.82) is 0 Å². The monoisotopic (exact) mass is 271 g/mol. The summed E-state index contributed by atoms with van der Waals surface area (Å²) in [6, 6.07) is 10.6. The molecule has 0 fully saturated rings. The van der Waals surface area contributed by atoms with E-state index < -0.39 is 0 Å². The van der Waals surface area contributed by atoms with E-state index >= 15 is 0 Å². The lowest BCUT2D eigenvalue weighted by atomic mass is 10.2. The van der Waals surface area contributed by atoms with Gasteiger partial charge < -0.3 is 15.0 Å². The summed E-state index contributed by atoms with van der Waals surface area (Å²) in [4.78, 5) is 18.2. The summed E-state index contributed by atoms with van der Waals surface area (Å²) in [5.41, 5.74) is 1.29. The first-order valence-corrected chi connectivity index (χ1v) is 6.19. The predicted molar refractivity (Wildman–Crippen MR) is 79.5 cm³/mol. The number of carbonyl (C=O) groups excluding carboxylic acids is 1. The molecule has 1 aromatic heterocycles. The van der Waals surface area contributed by atoms with E-state index in [1.807, 2.05) is 19.0 Å². The summed E-state index contributed by atoms with van der Waals surface area (Å²) in [5, 5.41) is 2.83. The SMILES string of the molecule is COc1ccc(NC(=O)c2ccnc(N(C)C)c2)cc1. The molecule has 1 heterocycles. The van der Waals surface area contributed by atoms with E-state index in [9.17, 15) is 4.79 Å². The Morgan fingerprint density at radius 3 is 2.50 bits per heavy atom. The predicted octanol–water partition coefficient (Wildman–Crippen LogP) is 2.41. The minimum absolute atomic E-state index is 0.166. The first-order chi connectivity index (χ1) is 9.60. The Bertz CT molecular complexity index is 594. The van der Waals surface area contributed by atoms with Gasteiger partial charge in [0.25, 0.3) is 5.91 Å². The van der Waals surface area contributed by atoms with Gasteiger partial charge in [-0.3, -0.25) is 4.79 Å². The Labute approximate surface area is 118 Å². The largest absolute Gasteiger partial charge is 0.497 e. The number of rotatable bonds is 4. The van der Waals surface area contributed by atoms with Gasteiger partial charge in [0.1, 0.15) is 11.6 Å². The number of nitrogens with one attached hydrogen (secondary N) is 1. The number of nitrogens with zero attached hydrogens (tertiary/aromatic N) is 2. The lowest BCUT2D eigenvalue weighted by Crippen LogP contribution is -2.15. The van der Waals surface area contributed by atoms with Crippen LogP contribution in [0.25, 0.3) is 0 Å². The molecule has 0 spiro atoms. The molecule has 0 unspecified atom stereocenters. The molecule has 0 aliphatic rings. The van der Waals surface area contributed by atoms with Crippen molar-refractivity contribution < 1.29 is 9.53 Å². The number of methoxy groups -OCH3 is 1. The first kappa shape index (κ1) is 13.9. The van der Waals surface area contributed by atoms with Gasteiger partial charge in [-0.15, -0.1) is 0 Å². The molecular formula is C15H17N3O2. The third-order valence-corrected chi connectivity index (χ3v) is 2.81. The molecule has 20 heavy (non-hydrogen) atoms. The van der Waals surface area contributed by atoms with Crippen molar-refractivity contribution in [3.8, 4) is 5.75 Å². The number of aromatic nitrogens is 1. The Balaban J connectivity index is 2.12. The van der Waals surface area contributed by atoms with Crippen LogP contribution in [0, 0.1) is 0 Å². The van der Waals surface area contributed by atoms with Crippen LogP contribution in [-0.2, 0) is 0 Å². The van der Waals surface area contributed by atoms with Gasteiger partial charge in [0, 0.05) is 31.5 Å². The van der Waals surface area contributed by atoms with Crippen LogP contribution in [0.5, 0.6) is 5.75 Å². The van der Waals surface area contributed by atoms with Gasteiger partial charge in [0.05, 0.1) is 7.11 Å². The molecule has 0 atom stereocenters.